The number of nitrogens with zero attached hydrogens (tertiary/aromatic N) is 2. The number of hydrogen-bond donors (Lipinski definition) is 2. The Balaban J connectivity index is 2.20. The van der Waals surface area contributed by atoms with E-state index in [2.05, 4.69) is 16.2 Å². The fraction of sp³-hybridized carbons (Fsp3) is 0.316. The van der Waals surface area contributed by atoms with Crippen LogP contribution in [0, 0.1) is 12.3 Å². The molecule has 0 aliphatic carbocycles. The van der Waals surface area contributed by atoms with Crippen LogP contribution in [0.3, 0.4) is 0 Å². The Labute approximate surface area is 165 Å². The quantitative estimate of drug-likeness (QED) is 0.447. The fourth-order valence-corrected chi connectivity index (χ4v) is 3.82. The van der Waals surface area contributed by atoms with Gasteiger partial charge in [-0.05, 0) is 17.7 Å². The van der Waals surface area contributed by atoms with E-state index < -0.39 is 11.5 Å². The minimum absolute atomic E-state index is 0.0534. The molecule has 9 heteroatoms. The lowest BCUT2D eigenvalue weighted by atomic mass is 9.86. The summed E-state index contributed by atoms with van der Waals surface area (Å²) in [6.45, 7) is 0. The molecule has 2 heterocycles. The zero-order valence-electron chi connectivity index (χ0n) is 15.6. The number of nitrogens with one attached hydrogen (secondary N) is 1. The maximum absolute atomic E-state index is 12.8. The molecule has 1 amide bonds. The molecule has 146 valence electrons. The van der Waals surface area contributed by atoms with Gasteiger partial charge in [0.2, 0.25) is 11.7 Å². The second kappa shape index (κ2) is 7.86. The van der Waals surface area contributed by atoms with Gasteiger partial charge in [0.1, 0.15) is 5.82 Å². The monoisotopic (exact) mass is 401 g/mol. The summed E-state index contributed by atoms with van der Waals surface area (Å²) in [6.07, 6.45) is 5.34. The minimum atomic E-state index is -0.565. The highest BCUT2D eigenvalue weighted by Gasteiger charge is 2.33. The third kappa shape index (κ3) is 3.39. The normalized spacial score (nSPS) is 15.4. The van der Waals surface area contributed by atoms with Crippen LogP contribution in [0.5, 0.6) is 17.2 Å². The highest BCUT2D eigenvalue weighted by atomic mass is 32.2. The summed E-state index contributed by atoms with van der Waals surface area (Å²) in [5.74, 6) is 2.64. The Morgan fingerprint density at radius 2 is 2.00 bits per heavy atom. The average Bonchev–Trinajstić information content (AvgIpc) is 2.69. The summed E-state index contributed by atoms with van der Waals surface area (Å²) in [7, 11) is 4.54. The number of carbonyl (C=O) groups excluding carboxylic acids is 1. The molecule has 2 aromatic rings. The topological polar surface area (TPSA) is 103 Å². The van der Waals surface area contributed by atoms with Crippen molar-refractivity contribution in [2.45, 2.75) is 17.5 Å². The third-order valence-electron chi connectivity index (χ3n) is 4.49. The molecule has 2 N–H and O–H groups in total. The van der Waals surface area contributed by atoms with Gasteiger partial charge >= 0.3 is 0 Å². The highest BCUT2D eigenvalue weighted by Crippen LogP contribution is 2.43. The van der Waals surface area contributed by atoms with Gasteiger partial charge in [0.15, 0.2) is 16.7 Å². The first kappa shape index (κ1) is 19.6. The number of methoxy groups -OCH3 is 2. The van der Waals surface area contributed by atoms with Crippen LogP contribution < -0.4 is 20.3 Å². The number of aromatic nitrogens is 2. The molecule has 0 spiro atoms. The lowest BCUT2D eigenvalue weighted by molar-refractivity contribution is -0.116. The molecule has 1 aliphatic heterocycles. The molecule has 8 nitrogen and oxygen atoms in total. The van der Waals surface area contributed by atoms with Crippen molar-refractivity contribution in [3.8, 4) is 29.6 Å². The number of phenols is 1. The van der Waals surface area contributed by atoms with E-state index in [0.29, 0.717) is 27.9 Å². The summed E-state index contributed by atoms with van der Waals surface area (Å²) in [4.78, 5) is 29.3. The maximum atomic E-state index is 12.8. The minimum Gasteiger partial charge on any atom is -0.502 e. The number of benzene rings is 1. The van der Waals surface area contributed by atoms with Gasteiger partial charge in [-0.1, -0.05) is 17.7 Å². The summed E-state index contributed by atoms with van der Waals surface area (Å²) < 4.78 is 12.0. The van der Waals surface area contributed by atoms with E-state index in [1.54, 1.807) is 23.7 Å². The van der Waals surface area contributed by atoms with Crippen molar-refractivity contribution in [2.75, 3.05) is 25.3 Å². The number of carbonyl (C=O) groups is 1. The van der Waals surface area contributed by atoms with E-state index in [1.807, 2.05) is 0 Å². The predicted octanol–water partition coefficient (Wildman–Crippen LogP) is 1.70. The zero-order valence-corrected chi connectivity index (χ0v) is 16.4. The molecule has 0 saturated carbocycles. The van der Waals surface area contributed by atoms with E-state index in [0.717, 1.165) is 0 Å². The second-order valence-electron chi connectivity index (χ2n) is 6.09. The first-order valence-electron chi connectivity index (χ1n) is 8.33. The van der Waals surface area contributed by atoms with Crippen LogP contribution in [0.2, 0.25) is 0 Å². The van der Waals surface area contributed by atoms with Gasteiger partial charge < -0.3 is 24.5 Å². The molecule has 0 radical (unpaired) electrons. The lowest BCUT2D eigenvalue weighted by Crippen LogP contribution is -2.33. The van der Waals surface area contributed by atoms with Crippen LogP contribution in [-0.4, -0.2) is 40.5 Å². The van der Waals surface area contributed by atoms with Gasteiger partial charge in [-0.25, -0.2) is 0 Å². The predicted molar refractivity (Wildman–Crippen MR) is 105 cm³/mol. The SMILES string of the molecule is C#CCSc1nc(=O)c2c(n1C)NC(=O)CC2c1cc(OC)c(O)c(OC)c1. The Hall–Kier alpha value is -3.12. The first-order valence-corrected chi connectivity index (χ1v) is 9.31. The number of amides is 1. The lowest BCUT2D eigenvalue weighted by Gasteiger charge is -2.28. The average molecular weight is 401 g/mol. The largest absolute Gasteiger partial charge is 0.502 e. The molecule has 0 fully saturated rings. The first-order chi connectivity index (χ1) is 13.4. The van der Waals surface area contributed by atoms with Gasteiger partial charge in [-0.2, -0.15) is 4.98 Å². The Morgan fingerprint density at radius 1 is 1.36 bits per heavy atom. The standard InChI is InChI=1S/C19H19N3O5S/c1-5-6-28-19-21-18(25)15-11(9-14(23)20-17(15)22(19)2)10-7-12(26-3)16(24)13(8-10)27-4/h1,7-8,11,24H,6,9H2,2-4H3,(H,20,23). The van der Waals surface area contributed by atoms with Gasteiger partial charge in [0.05, 0.1) is 25.5 Å². The van der Waals surface area contributed by atoms with Crippen molar-refractivity contribution in [1.29, 1.82) is 0 Å². The van der Waals surface area contributed by atoms with Crippen molar-refractivity contribution in [3.05, 3.63) is 33.6 Å². The van der Waals surface area contributed by atoms with Gasteiger partial charge in [0, 0.05) is 19.4 Å². The van der Waals surface area contributed by atoms with Crippen LogP contribution in [-0.2, 0) is 11.8 Å². The second-order valence-corrected chi connectivity index (χ2v) is 7.04. The Morgan fingerprint density at radius 3 is 2.57 bits per heavy atom. The fourth-order valence-electron chi connectivity index (χ4n) is 3.17. The number of ether oxygens (including phenoxy) is 2. The molecule has 1 aromatic heterocycles. The maximum Gasteiger partial charge on any atom is 0.279 e. The van der Waals surface area contributed by atoms with Crippen LogP contribution in [0.1, 0.15) is 23.5 Å². The van der Waals surface area contributed by atoms with Crippen LogP contribution in [0.25, 0.3) is 0 Å². The number of rotatable bonds is 5. The van der Waals surface area contributed by atoms with Gasteiger partial charge in [0.25, 0.3) is 5.56 Å². The van der Waals surface area contributed by atoms with E-state index >= 15 is 0 Å². The molecule has 3 rings (SSSR count). The highest BCUT2D eigenvalue weighted by molar-refractivity contribution is 7.99. The summed E-state index contributed by atoms with van der Waals surface area (Å²) in [5, 5.41) is 13.3. The Bertz CT molecular complexity index is 1020. The van der Waals surface area contributed by atoms with E-state index in [1.165, 1.54) is 26.0 Å². The third-order valence-corrected chi connectivity index (χ3v) is 5.42. The van der Waals surface area contributed by atoms with Crippen LogP contribution in [0.15, 0.2) is 22.1 Å². The number of anilines is 1. The molecule has 1 aliphatic rings. The van der Waals surface area contributed by atoms with Crippen molar-refractivity contribution < 1.29 is 19.4 Å². The molecular formula is C19H19N3O5S. The summed E-state index contributed by atoms with van der Waals surface area (Å²) in [5.41, 5.74) is 0.524. The van der Waals surface area contributed by atoms with Gasteiger partial charge in [-0.3, -0.25) is 9.59 Å². The van der Waals surface area contributed by atoms with Crippen molar-refractivity contribution in [2.24, 2.45) is 7.05 Å². The van der Waals surface area contributed by atoms with E-state index in [9.17, 15) is 14.7 Å². The number of phenolic OH excluding ortho intramolecular Hbond substituents is 1. The number of aromatic hydroxyl groups is 1. The van der Waals surface area contributed by atoms with Crippen LogP contribution in [0.4, 0.5) is 5.82 Å². The van der Waals surface area contributed by atoms with E-state index in [4.69, 9.17) is 15.9 Å². The molecular weight excluding hydrogens is 382 g/mol. The van der Waals surface area contributed by atoms with Crippen molar-refractivity contribution in [1.82, 2.24) is 9.55 Å². The number of thioether (sulfide) groups is 1. The molecule has 1 unspecified atom stereocenters. The summed E-state index contributed by atoms with van der Waals surface area (Å²) in [6, 6.07) is 3.18. The number of terminal acetylenes is 1. The summed E-state index contributed by atoms with van der Waals surface area (Å²) >= 11 is 1.24. The molecule has 0 saturated heterocycles. The number of fused-ring (bicyclic) bond motifs is 1. The number of hydrogen-bond acceptors (Lipinski definition) is 7. The van der Waals surface area contributed by atoms with Crippen LogP contribution >= 0.6 is 11.8 Å². The van der Waals surface area contributed by atoms with Crippen molar-refractivity contribution >= 4 is 23.5 Å². The molecule has 1 atom stereocenters. The Kier molecular flexibility index (Phi) is 5.51. The smallest absolute Gasteiger partial charge is 0.279 e. The van der Waals surface area contributed by atoms with E-state index in [-0.39, 0.29) is 29.6 Å². The zero-order chi connectivity index (χ0) is 20.4. The molecule has 0 bridgehead atoms. The van der Waals surface area contributed by atoms with Crippen molar-refractivity contribution in [3.63, 3.8) is 0 Å². The molecule has 28 heavy (non-hydrogen) atoms. The van der Waals surface area contributed by atoms with Gasteiger partial charge in [-0.15, -0.1) is 6.42 Å². The molecule has 1 aromatic carbocycles.